The Hall–Kier alpha value is -3.34. The highest BCUT2D eigenvalue weighted by atomic mass is 16.6. The van der Waals surface area contributed by atoms with E-state index in [9.17, 15) is 28.8 Å². The second-order valence-electron chi connectivity index (χ2n) is 6.56. The minimum atomic E-state index is -1.62. The van der Waals surface area contributed by atoms with Crippen molar-refractivity contribution in [1.82, 2.24) is 4.90 Å². The van der Waals surface area contributed by atoms with E-state index >= 15 is 0 Å². The predicted molar refractivity (Wildman–Crippen MR) is 105 cm³/mol. The molecule has 0 aromatic carbocycles. The first-order valence-electron chi connectivity index (χ1n) is 9.72. The number of nitrogens with zero attached hydrogens (tertiary/aromatic N) is 1. The summed E-state index contributed by atoms with van der Waals surface area (Å²) >= 11 is 0. The highest BCUT2D eigenvalue weighted by molar-refractivity contribution is 5.80. The Kier molecular flexibility index (Phi) is 15.5. The molecule has 0 aromatic heterocycles. The molecule has 0 aliphatic rings. The summed E-state index contributed by atoms with van der Waals surface area (Å²) in [6.45, 7) is -1.28. The van der Waals surface area contributed by atoms with Crippen LogP contribution in [0.15, 0.2) is 0 Å². The smallest absolute Gasteiger partial charge is 0.336 e. The molecule has 0 saturated heterocycles. The predicted octanol–water partition coefficient (Wildman–Crippen LogP) is -2.18. The number of carbonyl (C=O) groups excluding carboxylic acids is 1. The third kappa shape index (κ3) is 14.7. The fraction of sp³-hybridized carbons (Fsp3) is 0.667. The van der Waals surface area contributed by atoms with E-state index in [0.717, 1.165) is 0 Å². The van der Waals surface area contributed by atoms with Gasteiger partial charge in [0.25, 0.3) is 6.47 Å². The Bertz CT molecular complexity index is 657. The van der Waals surface area contributed by atoms with Gasteiger partial charge in [0.05, 0.1) is 32.7 Å². The van der Waals surface area contributed by atoms with Crippen LogP contribution in [0.5, 0.6) is 0 Å². The molecule has 16 heteroatoms. The van der Waals surface area contributed by atoms with Crippen molar-refractivity contribution in [2.24, 2.45) is 0 Å². The Morgan fingerprint density at radius 3 is 1.29 bits per heavy atom. The molecule has 0 aromatic rings. The van der Waals surface area contributed by atoms with E-state index < -0.39 is 67.6 Å². The summed E-state index contributed by atoms with van der Waals surface area (Å²) in [5, 5.41) is 44.5. The zero-order valence-electron chi connectivity index (χ0n) is 17.9. The Morgan fingerprint density at radius 1 is 0.647 bits per heavy atom. The van der Waals surface area contributed by atoms with Crippen molar-refractivity contribution < 1.29 is 73.2 Å². The molecule has 194 valence electrons. The van der Waals surface area contributed by atoms with E-state index in [1.165, 1.54) is 4.90 Å². The van der Waals surface area contributed by atoms with Crippen molar-refractivity contribution in [2.45, 2.75) is 31.2 Å². The van der Waals surface area contributed by atoms with Gasteiger partial charge in [-0.05, 0) is 0 Å². The fourth-order valence-electron chi connectivity index (χ4n) is 2.38. The average Bonchev–Trinajstić information content (AvgIpc) is 2.73. The van der Waals surface area contributed by atoms with Crippen LogP contribution in [0.1, 0.15) is 12.8 Å². The summed E-state index contributed by atoms with van der Waals surface area (Å²) in [5.41, 5.74) is 0. The lowest BCUT2D eigenvalue weighted by atomic mass is 10.2. The highest BCUT2D eigenvalue weighted by Gasteiger charge is 2.24. The molecule has 0 aliphatic carbocycles. The highest BCUT2D eigenvalue weighted by Crippen LogP contribution is 2.03. The second-order valence-corrected chi connectivity index (χ2v) is 6.56. The Balaban J connectivity index is 4.94. The number of rotatable bonds is 22. The molecule has 34 heavy (non-hydrogen) atoms. The molecule has 0 spiro atoms. The lowest BCUT2D eigenvalue weighted by molar-refractivity contribution is -0.158. The maximum absolute atomic E-state index is 11.1. The van der Waals surface area contributed by atoms with E-state index in [1.807, 2.05) is 0 Å². The molecule has 0 fully saturated rings. The van der Waals surface area contributed by atoms with Crippen molar-refractivity contribution in [2.75, 3.05) is 46.1 Å². The summed E-state index contributed by atoms with van der Waals surface area (Å²) in [6, 6.07) is 0. The van der Waals surface area contributed by atoms with Gasteiger partial charge in [0.15, 0.2) is 18.3 Å². The summed E-state index contributed by atoms with van der Waals surface area (Å²) in [5.74, 6) is -7.14. The number of hydrogen-bond donors (Lipinski definition) is 5. The van der Waals surface area contributed by atoms with E-state index in [2.05, 4.69) is 4.74 Å². The van der Waals surface area contributed by atoms with Gasteiger partial charge in [0.1, 0.15) is 6.61 Å². The molecule has 0 heterocycles. The first-order valence-corrected chi connectivity index (χ1v) is 9.72. The monoisotopic (exact) mass is 497 g/mol. The fourth-order valence-corrected chi connectivity index (χ4v) is 2.38. The molecular weight excluding hydrogens is 470 g/mol. The largest absolute Gasteiger partial charge is 0.481 e. The van der Waals surface area contributed by atoms with E-state index in [4.69, 9.17) is 39.7 Å². The zero-order valence-corrected chi connectivity index (χ0v) is 17.9. The van der Waals surface area contributed by atoms with Crippen LogP contribution in [0.4, 0.5) is 0 Å². The van der Waals surface area contributed by atoms with Gasteiger partial charge >= 0.3 is 29.8 Å². The van der Waals surface area contributed by atoms with Gasteiger partial charge < -0.3 is 44.5 Å². The van der Waals surface area contributed by atoms with E-state index in [0.29, 0.717) is 0 Å². The number of carboxylic acids is 5. The molecule has 5 N–H and O–H groups in total. The van der Waals surface area contributed by atoms with Gasteiger partial charge in [-0.25, -0.2) is 14.4 Å². The third-order valence-electron chi connectivity index (χ3n) is 4.04. The quantitative estimate of drug-likeness (QED) is 0.0998. The van der Waals surface area contributed by atoms with Crippen LogP contribution in [-0.2, 0) is 47.7 Å². The topological polar surface area (TPSA) is 244 Å². The lowest BCUT2D eigenvalue weighted by Crippen LogP contribution is -2.39. The third-order valence-corrected chi connectivity index (χ3v) is 4.04. The van der Waals surface area contributed by atoms with Gasteiger partial charge in [-0.15, -0.1) is 0 Å². The second kappa shape index (κ2) is 17.2. The molecule has 0 amide bonds. The van der Waals surface area contributed by atoms with E-state index in [-0.39, 0.29) is 45.9 Å². The van der Waals surface area contributed by atoms with Crippen LogP contribution >= 0.6 is 0 Å². The molecule has 0 saturated carbocycles. The van der Waals surface area contributed by atoms with Crippen molar-refractivity contribution >= 4 is 36.3 Å². The SMILES string of the molecule is O=COCC(OCCN(CCOC(CC(=O)O)C(=O)O)CCOC(CC(=O)O)C(=O)O)C(=O)O. The molecule has 16 nitrogen and oxygen atoms in total. The minimum Gasteiger partial charge on any atom is -0.481 e. The van der Waals surface area contributed by atoms with Gasteiger partial charge in [-0.1, -0.05) is 0 Å². The first kappa shape index (κ1) is 30.7. The van der Waals surface area contributed by atoms with Gasteiger partial charge in [0, 0.05) is 19.6 Å². The molecular formula is C18H27NO15. The molecule has 0 radical (unpaired) electrons. The van der Waals surface area contributed by atoms with Crippen molar-refractivity contribution in [3.63, 3.8) is 0 Å². The number of hydrogen-bond acceptors (Lipinski definition) is 11. The van der Waals surface area contributed by atoms with Crippen LogP contribution in [0.2, 0.25) is 0 Å². The normalized spacial score (nSPS) is 13.6. The summed E-state index contributed by atoms with van der Waals surface area (Å²) < 4.78 is 19.6. The van der Waals surface area contributed by atoms with E-state index in [1.54, 1.807) is 0 Å². The van der Waals surface area contributed by atoms with Crippen molar-refractivity contribution in [3.8, 4) is 0 Å². The molecule has 3 atom stereocenters. The number of ether oxygens (including phenoxy) is 4. The average molecular weight is 497 g/mol. The van der Waals surface area contributed by atoms with Crippen LogP contribution in [0, 0.1) is 0 Å². The molecule has 0 bridgehead atoms. The summed E-state index contributed by atoms with van der Waals surface area (Å²) in [4.78, 5) is 66.4. The maximum atomic E-state index is 11.1. The molecule has 0 rings (SSSR count). The van der Waals surface area contributed by atoms with Crippen molar-refractivity contribution in [1.29, 1.82) is 0 Å². The maximum Gasteiger partial charge on any atom is 0.336 e. The minimum absolute atomic E-state index is 0.00489. The number of carbonyl (C=O) groups is 6. The number of carboxylic acid groups (broad SMARTS) is 5. The van der Waals surface area contributed by atoms with Gasteiger partial charge in [-0.2, -0.15) is 0 Å². The van der Waals surface area contributed by atoms with Gasteiger partial charge in [0.2, 0.25) is 0 Å². The number of aliphatic carboxylic acids is 5. The standard InChI is InChI=1S/C18H27NO15/c20-10-31-9-13(18(29)30)34-6-3-19(1-4-32-11(16(25)26)7-14(21)22)2-5-33-12(17(27)28)8-15(23)24/h10-13H,1-9H2,(H,21,22)(H,23,24)(H,25,26)(H,27,28)(H,29,30). The summed E-state index contributed by atoms with van der Waals surface area (Å²) in [6.07, 6.45) is -6.26. The van der Waals surface area contributed by atoms with Crippen LogP contribution < -0.4 is 0 Å². The molecule has 3 unspecified atom stereocenters. The van der Waals surface area contributed by atoms with Crippen LogP contribution in [0.3, 0.4) is 0 Å². The van der Waals surface area contributed by atoms with Crippen molar-refractivity contribution in [3.05, 3.63) is 0 Å². The Morgan fingerprint density at radius 2 is 1.00 bits per heavy atom. The lowest BCUT2D eigenvalue weighted by Gasteiger charge is -2.24. The first-order chi connectivity index (χ1) is 16.0. The van der Waals surface area contributed by atoms with Crippen LogP contribution in [-0.4, -0.2) is 131 Å². The molecule has 0 aliphatic heterocycles. The summed E-state index contributed by atoms with van der Waals surface area (Å²) in [7, 11) is 0. The zero-order chi connectivity index (χ0) is 26.1. The van der Waals surface area contributed by atoms with Gasteiger partial charge in [-0.3, -0.25) is 19.3 Å². The van der Waals surface area contributed by atoms with Crippen LogP contribution in [0.25, 0.3) is 0 Å². The Labute approximate surface area is 192 Å².